The fourth-order valence-electron chi connectivity index (χ4n) is 4.98. The van der Waals surface area contributed by atoms with Crippen molar-refractivity contribution in [3.05, 3.63) is 73.2 Å². The third-order valence-electron chi connectivity index (χ3n) is 6.86. The second-order valence-corrected chi connectivity index (χ2v) is 10.3. The Balaban J connectivity index is 1.68. The smallest absolute Gasteiger partial charge is 0.264 e. The predicted octanol–water partition coefficient (Wildman–Crippen LogP) is 6.09. The summed E-state index contributed by atoms with van der Waals surface area (Å²) in [6.07, 6.45) is 0. The molecule has 208 valence electrons. The van der Waals surface area contributed by atoms with E-state index in [1.807, 2.05) is 0 Å². The van der Waals surface area contributed by atoms with Crippen molar-refractivity contribution in [1.82, 2.24) is 4.90 Å². The van der Waals surface area contributed by atoms with E-state index in [9.17, 15) is 14.4 Å². The van der Waals surface area contributed by atoms with E-state index in [1.165, 1.54) is 33.3 Å². The van der Waals surface area contributed by atoms with Crippen molar-refractivity contribution in [3.8, 4) is 23.0 Å². The van der Waals surface area contributed by atoms with Gasteiger partial charge in [0.05, 0.1) is 65.7 Å². The van der Waals surface area contributed by atoms with E-state index < -0.39 is 29.8 Å². The molecule has 0 saturated carbocycles. The first-order valence-corrected chi connectivity index (χ1v) is 13.1. The number of carbonyl (C=O) groups is 3. The summed E-state index contributed by atoms with van der Waals surface area (Å²) >= 11 is 25.0. The van der Waals surface area contributed by atoms with Crippen molar-refractivity contribution < 1.29 is 33.3 Å². The molecule has 0 aliphatic carbocycles. The number of rotatable bonds is 7. The highest BCUT2D eigenvalue weighted by atomic mass is 35.5. The zero-order valence-corrected chi connectivity index (χ0v) is 24.4. The molecule has 2 atom stereocenters. The number of ether oxygens (including phenoxy) is 4. The van der Waals surface area contributed by atoms with Gasteiger partial charge in [0.1, 0.15) is 11.8 Å². The van der Waals surface area contributed by atoms with Crippen LogP contribution < -0.4 is 23.8 Å². The van der Waals surface area contributed by atoms with Gasteiger partial charge in [0.2, 0.25) is 5.75 Å². The molecule has 9 nitrogen and oxygen atoms in total. The highest BCUT2D eigenvalue weighted by Crippen LogP contribution is 2.51. The number of halogens is 4. The number of methoxy groups -OCH3 is 4. The van der Waals surface area contributed by atoms with Crippen LogP contribution in [0.1, 0.15) is 32.3 Å². The first-order chi connectivity index (χ1) is 19.1. The number of β-lactam (4-membered cyclic amide) rings is 1. The van der Waals surface area contributed by atoms with E-state index in [0.717, 1.165) is 4.90 Å². The van der Waals surface area contributed by atoms with Gasteiger partial charge >= 0.3 is 0 Å². The molecule has 0 radical (unpaired) electrons. The van der Waals surface area contributed by atoms with Crippen LogP contribution in [-0.2, 0) is 4.79 Å². The Morgan fingerprint density at radius 3 is 1.55 bits per heavy atom. The van der Waals surface area contributed by atoms with Gasteiger partial charge in [-0.15, -0.1) is 0 Å². The van der Waals surface area contributed by atoms with Crippen LogP contribution in [0.4, 0.5) is 5.69 Å². The summed E-state index contributed by atoms with van der Waals surface area (Å²) < 4.78 is 21.7. The summed E-state index contributed by atoms with van der Waals surface area (Å²) in [7, 11) is 5.89. The predicted molar refractivity (Wildman–Crippen MR) is 150 cm³/mol. The summed E-state index contributed by atoms with van der Waals surface area (Å²) in [5, 5.41) is -0.794. The average Bonchev–Trinajstić information content (AvgIpc) is 3.22. The Bertz CT molecular complexity index is 1510. The summed E-state index contributed by atoms with van der Waals surface area (Å²) in [4.78, 5) is 43.5. The molecule has 3 aromatic carbocycles. The molecule has 2 aliphatic rings. The monoisotopic (exact) mass is 624 g/mol. The van der Waals surface area contributed by atoms with Crippen LogP contribution in [0.5, 0.6) is 23.0 Å². The summed E-state index contributed by atoms with van der Waals surface area (Å²) in [6, 6.07) is 7.91. The second kappa shape index (κ2) is 10.6. The molecule has 0 unspecified atom stereocenters. The van der Waals surface area contributed by atoms with Gasteiger partial charge in [0.15, 0.2) is 11.5 Å². The zero-order valence-electron chi connectivity index (χ0n) is 21.4. The Morgan fingerprint density at radius 2 is 1.12 bits per heavy atom. The van der Waals surface area contributed by atoms with Crippen LogP contribution in [0.15, 0.2) is 36.4 Å². The maximum atomic E-state index is 13.8. The topological polar surface area (TPSA) is 94.6 Å². The number of anilines is 1. The Labute approximate surface area is 248 Å². The number of nitrogens with zero attached hydrogens (tertiary/aromatic N) is 2. The number of benzene rings is 3. The number of hydrogen-bond donors (Lipinski definition) is 0. The SMILES string of the molecule is COc1ccc(N2C(=O)[C@H](N3C(=O)c4c(Cl)c(Cl)c(Cl)c(Cl)c4C3=O)[C@@H]2c2cc(OC)c(OC)c(OC)c2)cc1. The molecular weight excluding hydrogens is 606 g/mol. The van der Waals surface area contributed by atoms with Crippen molar-refractivity contribution in [1.29, 1.82) is 0 Å². The van der Waals surface area contributed by atoms with Gasteiger partial charge in [-0.1, -0.05) is 46.4 Å². The third-order valence-corrected chi connectivity index (χ3v) is 8.66. The minimum Gasteiger partial charge on any atom is -0.497 e. The lowest BCUT2D eigenvalue weighted by atomic mass is 9.86. The molecule has 1 saturated heterocycles. The standard InChI is InChI=1S/C27H20Cl4N2O7/c1-37-13-7-5-12(6-8-13)32-22(11-9-14(38-2)24(40-4)15(10-11)39-3)23(27(32)36)33-25(34)16-17(26(33)35)19(29)21(31)20(30)18(16)28/h5-10,22-23H,1-4H3/t22-,23+/m0/s1. The Kier molecular flexibility index (Phi) is 7.43. The van der Waals surface area contributed by atoms with Gasteiger partial charge in [-0.2, -0.15) is 0 Å². The zero-order chi connectivity index (χ0) is 29.0. The summed E-state index contributed by atoms with van der Waals surface area (Å²) in [5.74, 6) is -0.631. The van der Waals surface area contributed by atoms with E-state index in [0.29, 0.717) is 34.2 Å². The first-order valence-electron chi connectivity index (χ1n) is 11.6. The first kappa shape index (κ1) is 28.2. The molecule has 0 aromatic heterocycles. The van der Waals surface area contributed by atoms with Crippen LogP contribution >= 0.6 is 46.4 Å². The molecule has 40 heavy (non-hydrogen) atoms. The fraction of sp³-hybridized carbons (Fsp3) is 0.222. The number of amides is 3. The molecule has 0 N–H and O–H groups in total. The van der Waals surface area contributed by atoms with E-state index >= 15 is 0 Å². The maximum Gasteiger partial charge on any atom is 0.264 e. The van der Waals surface area contributed by atoms with Crippen LogP contribution in [0.2, 0.25) is 20.1 Å². The fourth-order valence-corrected chi connectivity index (χ4v) is 5.99. The van der Waals surface area contributed by atoms with E-state index in [-0.39, 0.29) is 31.2 Å². The van der Waals surface area contributed by atoms with Gasteiger partial charge in [-0.3, -0.25) is 19.3 Å². The number of hydrogen-bond acceptors (Lipinski definition) is 7. The van der Waals surface area contributed by atoms with Gasteiger partial charge < -0.3 is 23.8 Å². The van der Waals surface area contributed by atoms with Crippen LogP contribution in [0.3, 0.4) is 0 Å². The maximum absolute atomic E-state index is 13.8. The van der Waals surface area contributed by atoms with Crippen molar-refractivity contribution in [2.75, 3.05) is 33.3 Å². The average molecular weight is 626 g/mol. The minimum atomic E-state index is -1.28. The highest BCUT2D eigenvalue weighted by molar-refractivity contribution is 6.55. The lowest BCUT2D eigenvalue weighted by Gasteiger charge is -2.49. The normalized spacial score (nSPS) is 18.1. The number of carbonyl (C=O) groups excluding carboxylic acids is 3. The van der Waals surface area contributed by atoms with Crippen LogP contribution in [-0.4, -0.2) is 57.1 Å². The van der Waals surface area contributed by atoms with Crippen molar-refractivity contribution in [3.63, 3.8) is 0 Å². The Morgan fingerprint density at radius 1 is 0.625 bits per heavy atom. The van der Waals surface area contributed by atoms with Gasteiger partial charge in [-0.25, -0.2) is 0 Å². The number of imide groups is 1. The molecule has 3 amide bonds. The van der Waals surface area contributed by atoms with E-state index in [4.69, 9.17) is 65.4 Å². The lowest BCUT2D eigenvalue weighted by molar-refractivity contribution is -0.130. The van der Waals surface area contributed by atoms with Crippen LogP contribution in [0.25, 0.3) is 0 Å². The van der Waals surface area contributed by atoms with Crippen molar-refractivity contribution >= 4 is 69.8 Å². The van der Waals surface area contributed by atoms with Gasteiger partial charge in [0.25, 0.3) is 17.7 Å². The molecular formula is C27H20Cl4N2O7. The molecule has 0 bridgehead atoms. The molecule has 2 aliphatic heterocycles. The molecule has 5 rings (SSSR count). The van der Waals surface area contributed by atoms with Crippen molar-refractivity contribution in [2.45, 2.75) is 12.1 Å². The molecule has 1 fully saturated rings. The minimum absolute atomic E-state index is 0.170. The summed E-state index contributed by atoms with van der Waals surface area (Å²) in [6.45, 7) is 0. The Hall–Kier alpha value is -3.37. The largest absolute Gasteiger partial charge is 0.497 e. The van der Waals surface area contributed by atoms with E-state index in [2.05, 4.69) is 0 Å². The highest BCUT2D eigenvalue weighted by Gasteiger charge is 2.58. The molecule has 2 heterocycles. The second-order valence-electron chi connectivity index (χ2n) is 8.74. The quantitative estimate of drug-likeness (QED) is 0.136. The third kappa shape index (κ3) is 4.03. The van der Waals surface area contributed by atoms with Gasteiger partial charge in [0, 0.05) is 5.69 Å². The number of fused-ring (bicyclic) bond motifs is 1. The van der Waals surface area contributed by atoms with E-state index in [1.54, 1.807) is 36.4 Å². The lowest BCUT2D eigenvalue weighted by Crippen LogP contribution is -2.67. The van der Waals surface area contributed by atoms with Gasteiger partial charge in [-0.05, 0) is 42.0 Å². The molecule has 3 aromatic rings. The van der Waals surface area contributed by atoms with Crippen molar-refractivity contribution in [2.24, 2.45) is 0 Å². The van der Waals surface area contributed by atoms with Crippen LogP contribution in [0, 0.1) is 0 Å². The molecule has 0 spiro atoms. The molecule has 13 heteroatoms. The summed E-state index contributed by atoms with van der Waals surface area (Å²) in [5.41, 5.74) is 0.565.